The first-order chi connectivity index (χ1) is 11.7. The normalized spacial score (nSPS) is 19.6. The van der Waals surface area contributed by atoms with Crippen molar-refractivity contribution < 1.29 is 9.53 Å². The monoisotopic (exact) mass is 367 g/mol. The van der Waals surface area contributed by atoms with Crippen molar-refractivity contribution in [3.8, 4) is 0 Å². The Morgan fingerprint density at radius 3 is 2.84 bits per heavy atom. The molecule has 0 spiro atoms. The van der Waals surface area contributed by atoms with E-state index in [1.165, 1.54) is 0 Å². The van der Waals surface area contributed by atoms with Gasteiger partial charge in [0, 0.05) is 18.8 Å². The van der Waals surface area contributed by atoms with E-state index in [2.05, 4.69) is 15.6 Å². The van der Waals surface area contributed by atoms with Gasteiger partial charge in [-0.15, -0.1) is 0 Å². The first-order valence-corrected chi connectivity index (χ1v) is 9.43. The Bertz CT molecular complexity index is 587. The number of hydrogen-bond donors (Lipinski definition) is 2. The van der Waals surface area contributed by atoms with Crippen molar-refractivity contribution in [2.45, 2.75) is 71.6 Å². The molecule has 2 rings (SSSR count). The number of ether oxygens (including phenoxy) is 1. The van der Waals surface area contributed by atoms with Gasteiger partial charge >= 0.3 is 6.09 Å². The fourth-order valence-corrected chi connectivity index (χ4v) is 3.03. The van der Waals surface area contributed by atoms with Crippen LogP contribution in [0.3, 0.4) is 0 Å². The second kappa shape index (κ2) is 8.86. The Balaban J connectivity index is 1.51. The Morgan fingerprint density at radius 1 is 1.40 bits per heavy atom. The first kappa shape index (κ1) is 20.0. The highest BCUT2D eigenvalue weighted by Crippen LogP contribution is 2.35. The van der Waals surface area contributed by atoms with E-state index in [0.717, 1.165) is 50.0 Å². The lowest BCUT2D eigenvalue weighted by atomic mass is 10.1. The number of aromatic nitrogens is 1. The van der Waals surface area contributed by atoms with E-state index < -0.39 is 5.60 Å². The van der Waals surface area contributed by atoms with Gasteiger partial charge in [0.1, 0.15) is 5.60 Å². The molecular formula is C19H30ClN3O2. The van der Waals surface area contributed by atoms with Crippen molar-refractivity contribution in [3.63, 3.8) is 0 Å². The first-order valence-electron chi connectivity index (χ1n) is 9.06. The molecule has 1 aliphatic rings. The van der Waals surface area contributed by atoms with Gasteiger partial charge in [0.05, 0.1) is 10.7 Å². The molecule has 25 heavy (non-hydrogen) atoms. The lowest BCUT2D eigenvalue weighted by molar-refractivity contribution is 0.0521. The van der Waals surface area contributed by atoms with Crippen LogP contribution in [0.5, 0.6) is 0 Å². The van der Waals surface area contributed by atoms with Crippen LogP contribution in [0.2, 0.25) is 5.02 Å². The summed E-state index contributed by atoms with van der Waals surface area (Å²) in [5, 5.41) is 7.06. The summed E-state index contributed by atoms with van der Waals surface area (Å²) in [5.74, 6) is 0.604. The lowest BCUT2D eigenvalue weighted by Crippen LogP contribution is -2.34. The number of hydrogen-bond acceptors (Lipinski definition) is 4. The maximum absolute atomic E-state index is 11.7. The van der Waals surface area contributed by atoms with E-state index in [9.17, 15) is 4.79 Å². The molecule has 0 radical (unpaired) electrons. The molecule has 0 aliphatic heterocycles. The molecule has 140 valence electrons. The van der Waals surface area contributed by atoms with Crippen molar-refractivity contribution in [2.75, 3.05) is 6.54 Å². The average Bonchev–Trinajstić information content (AvgIpc) is 3.20. The number of unbranched alkanes of at least 4 members (excludes halogenated alkanes) is 1. The topological polar surface area (TPSA) is 63.2 Å². The van der Waals surface area contributed by atoms with Gasteiger partial charge in [0.15, 0.2) is 0 Å². The van der Waals surface area contributed by atoms with Crippen molar-refractivity contribution in [2.24, 2.45) is 5.92 Å². The molecule has 0 aromatic carbocycles. The van der Waals surface area contributed by atoms with Gasteiger partial charge in [0.2, 0.25) is 0 Å². The number of halogens is 1. The predicted molar refractivity (Wildman–Crippen MR) is 101 cm³/mol. The van der Waals surface area contributed by atoms with Crippen LogP contribution in [0.4, 0.5) is 4.79 Å². The molecule has 1 aliphatic carbocycles. The summed E-state index contributed by atoms with van der Waals surface area (Å²) < 4.78 is 5.28. The van der Waals surface area contributed by atoms with Gasteiger partial charge < -0.3 is 15.4 Å². The third-order valence-corrected chi connectivity index (χ3v) is 4.46. The minimum absolute atomic E-state index is 0.295. The van der Waals surface area contributed by atoms with E-state index in [-0.39, 0.29) is 6.09 Å². The summed E-state index contributed by atoms with van der Waals surface area (Å²) in [5.41, 5.74) is 1.74. The van der Waals surface area contributed by atoms with E-state index in [4.69, 9.17) is 16.3 Å². The summed E-state index contributed by atoms with van der Waals surface area (Å²) in [7, 11) is 0. The largest absolute Gasteiger partial charge is 0.444 e. The second-order valence-corrected chi connectivity index (χ2v) is 8.27. The molecule has 0 saturated heterocycles. The molecule has 2 N–H and O–H groups in total. The number of nitrogens with one attached hydrogen (secondary N) is 2. The fourth-order valence-electron chi connectivity index (χ4n) is 2.82. The van der Waals surface area contributed by atoms with Crippen LogP contribution in [0.15, 0.2) is 12.3 Å². The predicted octanol–water partition coefficient (Wildman–Crippen LogP) is 4.22. The maximum Gasteiger partial charge on any atom is 0.407 e. The van der Waals surface area contributed by atoms with Crippen molar-refractivity contribution in [3.05, 3.63) is 28.5 Å². The molecule has 5 nitrogen and oxygen atoms in total. The Hall–Kier alpha value is -1.33. The number of rotatable bonds is 8. The third-order valence-electron chi connectivity index (χ3n) is 4.25. The number of pyridine rings is 1. The van der Waals surface area contributed by atoms with Crippen LogP contribution in [0, 0.1) is 12.8 Å². The highest BCUT2D eigenvalue weighted by molar-refractivity contribution is 6.30. The molecular weight excluding hydrogens is 338 g/mol. The summed E-state index contributed by atoms with van der Waals surface area (Å²) in [6.45, 7) is 9.41. The van der Waals surface area contributed by atoms with Gasteiger partial charge in [-0.3, -0.25) is 4.98 Å². The van der Waals surface area contributed by atoms with Crippen LogP contribution in [-0.2, 0) is 11.3 Å². The zero-order valence-electron chi connectivity index (χ0n) is 15.7. The van der Waals surface area contributed by atoms with Crippen LogP contribution in [0.1, 0.15) is 57.7 Å². The number of carbonyl (C=O) groups excluding carboxylic acids is 1. The van der Waals surface area contributed by atoms with Gasteiger partial charge in [-0.25, -0.2) is 4.79 Å². The molecule has 2 atom stereocenters. The summed E-state index contributed by atoms with van der Waals surface area (Å²) in [6, 6.07) is 2.24. The fraction of sp³-hybridized carbons (Fsp3) is 0.684. The van der Waals surface area contributed by atoms with Crippen LogP contribution in [-0.4, -0.2) is 29.3 Å². The van der Waals surface area contributed by atoms with Crippen LogP contribution >= 0.6 is 11.6 Å². The van der Waals surface area contributed by atoms with E-state index >= 15 is 0 Å². The van der Waals surface area contributed by atoms with Crippen molar-refractivity contribution in [1.29, 1.82) is 0 Å². The minimum Gasteiger partial charge on any atom is -0.444 e. The van der Waals surface area contributed by atoms with Gasteiger partial charge in [-0.05, 0) is 71.0 Å². The van der Waals surface area contributed by atoms with Crippen LogP contribution in [0.25, 0.3) is 0 Å². The second-order valence-electron chi connectivity index (χ2n) is 7.84. The average molecular weight is 368 g/mol. The molecule has 1 aromatic heterocycles. The van der Waals surface area contributed by atoms with E-state index in [1.807, 2.05) is 33.8 Å². The zero-order chi connectivity index (χ0) is 18.4. The Kier molecular flexibility index (Phi) is 7.08. The number of aryl methyl sites for hydroxylation is 1. The molecule has 1 fully saturated rings. The van der Waals surface area contributed by atoms with E-state index in [1.54, 1.807) is 6.20 Å². The highest BCUT2D eigenvalue weighted by atomic mass is 35.5. The highest BCUT2D eigenvalue weighted by Gasteiger charge is 2.38. The molecule has 1 heterocycles. The summed E-state index contributed by atoms with van der Waals surface area (Å²) >= 11 is 5.91. The number of nitrogens with zero attached hydrogens (tertiary/aromatic N) is 1. The summed E-state index contributed by atoms with van der Waals surface area (Å²) in [4.78, 5) is 16.0. The molecule has 6 heteroatoms. The lowest BCUT2D eigenvalue weighted by Gasteiger charge is -2.19. The van der Waals surface area contributed by atoms with E-state index in [0.29, 0.717) is 17.0 Å². The maximum atomic E-state index is 11.7. The van der Waals surface area contributed by atoms with Gasteiger partial charge in [-0.2, -0.15) is 0 Å². The molecule has 0 bridgehead atoms. The van der Waals surface area contributed by atoms with Crippen LogP contribution < -0.4 is 10.6 Å². The van der Waals surface area contributed by atoms with Gasteiger partial charge in [-0.1, -0.05) is 18.0 Å². The molecule has 1 saturated carbocycles. The third kappa shape index (κ3) is 7.61. The quantitative estimate of drug-likeness (QED) is 0.675. The molecule has 1 aromatic rings. The van der Waals surface area contributed by atoms with Crippen molar-refractivity contribution in [1.82, 2.24) is 15.6 Å². The Labute approximate surface area is 155 Å². The minimum atomic E-state index is -0.433. The SMILES string of the molecule is Cc1cc(Cl)cnc1CNCCCCC1CC1NC(=O)OC(C)(C)C. The smallest absolute Gasteiger partial charge is 0.407 e. The van der Waals surface area contributed by atoms with Crippen molar-refractivity contribution >= 4 is 17.7 Å². The molecule has 1 amide bonds. The number of amides is 1. The standard InChI is InChI=1S/C19H30ClN3O2/c1-13-9-15(20)11-22-17(13)12-21-8-6-5-7-14-10-16(14)23-18(24)25-19(2,3)4/h9,11,14,16,21H,5-8,10,12H2,1-4H3,(H,23,24). The van der Waals surface area contributed by atoms with Gasteiger partial charge in [0.25, 0.3) is 0 Å². The number of alkyl carbamates (subject to hydrolysis) is 1. The Morgan fingerprint density at radius 2 is 2.16 bits per heavy atom. The molecule has 2 unspecified atom stereocenters. The summed E-state index contributed by atoms with van der Waals surface area (Å²) in [6.07, 6.45) is 5.91. The zero-order valence-corrected chi connectivity index (χ0v) is 16.4. The number of carbonyl (C=O) groups is 1.